The van der Waals surface area contributed by atoms with Crippen LogP contribution in [-0.2, 0) is 7.05 Å². The summed E-state index contributed by atoms with van der Waals surface area (Å²) < 4.78 is 1.79. The minimum Gasteiger partial charge on any atom is -0.318 e. The van der Waals surface area contributed by atoms with Crippen molar-refractivity contribution in [3.63, 3.8) is 0 Å². The molecule has 0 spiro atoms. The van der Waals surface area contributed by atoms with Gasteiger partial charge in [-0.2, -0.15) is 0 Å². The summed E-state index contributed by atoms with van der Waals surface area (Å²) in [6, 6.07) is 1.70. The molecule has 5 heteroatoms. The molecule has 62 valence electrons. The maximum absolute atomic E-state index is 5.75. The molecule has 0 fully saturated rings. The van der Waals surface area contributed by atoms with Gasteiger partial charge >= 0.3 is 0 Å². The molecule has 2 aromatic heterocycles. The molecule has 0 radical (unpaired) electrons. The number of aryl methyl sites for hydroxylation is 1. The van der Waals surface area contributed by atoms with Crippen LogP contribution in [-0.4, -0.2) is 14.5 Å². The van der Waals surface area contributed by atoms with Crippen LogP contribution in [0.15, 0.2) is 12.4 Å². The number of aromatic nitrogens is 3. The molecule has 3 nitrogen and oxygen atoms in total. The molecule has 0 saturated heterocycles. The molecule has 2 rings (SSSR count). The molecule has 0 aliphatic rings. The summed E-state index contributed by atoms with van der Waals surface area (Å²) >= 11 is 11.5. The molecule has 0 amide bonds. The number of hydrogen-bond acceptors (Lipinski definition) is 2. The first-order valence-electron chi connectivity index (χ1n) is 3.31. The minimum atomic E-state index is 0.313. The summed E-state index contributed by atoms with van der Waals surface area (Å²) in [5, 5.41) is 0.746. The lowest BCUT2D eigenvalue weighted by molar-refractivity contribution is 0.931. The van der Waals surface area contributed by atoms with Gasteiger partial charge in [-0.1, -0.05) is 23.2 Å². The van der Waals surface area contributed by atoms with E-state index in [0.29, 0.717) is 10.2 Å². The number of rotatable bonds is 0. The van der Waals surface area contributed by atoms with Gasteiger partial charge in [0.2, 0.25) is 0 Å². The van der Waals surface area contributed by atoms with E-state index < -0.39 is 0 Å². The zero-order valence-corrected chi connectivity index (χ0v) is 7.76. The monoisotopic (exact) mass is 201 g/mol. The molecule has 12 heavy (non-hydrogen) atoms. The van der Waals surface area contributed by atoms with E-state index in [1.165, 1.54) is 0 Å². The molecule has 0 N–H and O–H groups in total. The second kappa shape index (κ2) is 2.61. The minimum absolute atomic E-state index is 0.313. The van der Waals surface area contributed by atoms with Gasteiger partial charge in [-0.15, -0.1) is 0 Å². The Balaban J connectivity index is 2.87. The van der Waals surface area contributed by atoms with Crippen molar-refractivity contribution in [2.75, 3.05) is 0 Å². The van der Waals surface area contributed by atoms with Gasteiger partial charge in [-0.05, 0) is 6.07 Å². The van der Waals surface area contributed by atoms with Gasteiger partial charge in [0.15, 0.2) is 5.65 Å². The van der Waals surface area contributed by atoms with Crippen LogP contribution in [0.2, 0.25) is 10.2 Å². The number of hydrogen-bond donors (Lipinski definition) is 0. The average Bonchev–Trinajstić information content (AvgIpc) is 2.35. The second-order valence-corrected chi connectivity index (χ2v) is 3.22. The van der Waals surface area contributed by atoms with Crippen LogP contribution in [0.25, 0.3) is 11.2 Å². The van der Waals surface area contributed by atoms with E-state index in [-0.39, 0.29) is 0 Å². The topological polar surface area (TPSA) is 30.7 Å². The zero-order chi connectivity index (χ0) is 8.72. The molecule has 0 aliphatic carbocycles. The Morgan fingerprint density at radius 3 is 2.92 bits per heavy atom. The smallest absolute Gasteiger partial charge is 0.161 e. The number of pyridine rings is 1. The Hall–Kier alpha value is -0.800. The molecule has 0 aliphatic heterocycles. The quantitative estimate of drug-likeness (QED) is 0.613. The normalized spacial score (nSPS) is 10.9. The fraction of sp³-hybridized carbons (Fsp3) is 0.143. The summed E-state index contributed by atoms with van der Waals surface area (Å²) in [6.45, 7) is 0. The highest BCUT2D eigenvalue weighted by molar-refractivity contribution is 6.41. The Morgan fingerprint density at radius 1 is 1.42 bits per heavy atom. The average molecular weight is 202 g/mol. The Kier molecular flexibility index (Phi) is 1.70. The third-order valence-electron chi connectivity index (χ3n) is 1.60. The van der Waals surface area contributed by atoms with Crippen LogP contribution in [0.3, 0.4) is 0 Å². The van der Waals surface area contributed by atoms with Crippen LogP contribution in [0.5, 0.6) is 0 Å². The third-order valence-corrected chi connectivity index (χ3v) is 2.27. The Morgan fingerprint density at radius 2 is 2.17 bits per heavy atom. The number of imidazole rings is 1. The van der Waals surface area contributed by atoms with Crippen LogP contribution in [0.1, 0.15) is 0 Å². The summed E-state index contributed by atoms with van der Waals surface area (Å²) in [4.78, 5) is 8.15. The standard InChI is InChI=1S/C7H5Cl2N3/c1-12-3-10-5-2-4(8)6(9)11-7(5)12/h2-3H,1H3. The van der Waals surface area contributed by atoms with Crippen LogP contribution in [0, 0.1) is 0 Å². The van der Waals surface area contributed by atoms with Crippen molar-refractivity contribution in [1.29, 1.82) is 0 Å². The first kappa shape index (κ1) is 7.83. The largest absolute Gasteiger partial charge is 0.318 e. The lowest BCUT2D eigenvalue weighted by Crippen LogP contribution is -1.87. The van der Waals surface area contributed by atoms with Crippen molar-refractivity contribution >= 4 is 34.4 Å². The van der Waals surface area contributed by atoms with E-state index in [1.54, 1.807) is 17.0 Å². The summed E-state index contributed by atoms with van der Waals surface area (Å²) in [5.74, 6) is 0. The van der Waals surface area contributed by atoms with Gasteiger partial charge in [0.1, 0.15) is 10.7 Å². The van der Waals surface area contributed by atoms with Gasteiger partial charge in [-0.3, -0.25) is 0 Å². The predicted molar refractivity (Wildman–Crippen MR) is 48.5 cm³/mol. The van der Waals surface area contributed by atoms with E-state index in [1.807, 2.05) is 7.05 Å². The van der Waals surface area contributed by atoms with E-state index >= 15 is 0 Å². The number of halogens is 2. The first-order chi connectivity index (χ1) is 5.68. The van der Waals surface area contributed by atoms with Crippen molar-refractivity contribution in [2.45, 2.75) is 0 Å². The van der Waals surface area contributed by atoms with Crippen molar-refractivity contribution < 1.29 is 0 Å². The van der Waals surface area contributed by atoms with Crippen molar-refractivity contribution in [2.24, 2.45) is 7.05 Å². The van der Waals surface area contributed by atoms with Gasteiger partial charge in [-0.25, -0.2) is 9.97 Å². The maximum atomic E-state index is 5.75. The van der Waals surface area contributed by atoms with Gasteiger partial charge in [0.25, 0.3) is 0 Å². The predicted octanol–water partition coefficient (Wildman–Crippen LogP) is 2.28. The summed E-state index contributed by atoms with van der Waals surface area (Å²) in [6.07, 6.45) is 1.67. The van der Waals surface area contributed by atoms with Gasteiger partial charge in [0, 0.05) is 7.05 Å². The maximum Gasteiger partial charge on any atom is 0.161 e. The first-order valence-corrected chi connectivity index (χ1v) is 4.07. The van der Waals surface area contributed by atoms with Crippen LogP contribution in [0.4, 0.5) is 0 Å². The molecule has 2 heterocycles. The molecule has 2 aromatic rings. The molecular weight excluding hydrogens is 197 g/mol. The third kappa shape index (κ3) is 1.06. The summed E-state index contributed by atoms with van der Waals surface area (Å²) in [5.41, 5.74) is 1.50. The van der Waals surface area contributed by atoms with E-state index in [0.717, 1.165) is 11.2 Å². The van der Waals surface area contributed by atoms with Crippen LogP contribution >= 0.6 is 23.2 Å². The molecule has 0 atom stereocenters. The zero-order valence-electron chi connectivity index (χ0n) is 6.25. The van der Waals surface area contributed by atoms with E-state index in [9.17, 15) is 0 Å². The van der Waals surface area contributed by atoms with E-state index in [4.69, 9.17) is 23.2 Å². The Labute approximate surface area is 78.9 Å². The molecule has 0 aromatic carbocycles. The highest BCUT2D eigenvalue weighted by Gasteiger charge is 2.05. The van der Waals surface area contributed by atoms with Gasteiger partial charge in [0.05, 0.1) is 11.3 Å². The molecular formula is C7H5Cl2N3. The van der Waals surface area contributed by atoms with E-state index in [2.05, 4.69) is 9.97 Å². The fourth-order valence-electron chi connectivity index (χ4n) is 1.01. The van der Waals surface area contributed by atoms with Crippen molar-refractivity contribution in [1.82, 2.24) is 14.5 Å². The fourth-order valence-corrected chi connectivity index (χ4v) is 1.29. The number of fused-ring (bicyclic) bond motifs is 1. The second-order valence-electron chi connectivity index (χ2n) is 2.46. The van der Waals surface area contributed by atoms with Gasteiger partial charge < -0.3 is 4.57 Å². The number of nitrogens with zero attached hydrogens (tertiary/aromatic N) is 3. The van der Waals surface area contributed by atoms with Crippen molar-refractivity contribution in [3.05, 3.63) is 22.6 Å². The highest BCUT2D eigenvalue weighted by Crippen LogP contribution is 2.23. The molecule has 0 unspecified atom stereocenters. The lowest BCUT2D eigenvalue weighted by atomic mass is 10.4. The summed E-state index contributed by atoms with van der Waals surface area (Å²) in [7, 11) is 1.85. The van der Waals surface area contributed by atoms with Crippen LogP contribution < -0.4 is 0 Å². The molecule has 0 saturated carbocycles. The highest BCUT2D eigenvalue weighted by atomic mass is 35.5. The lowest BCUT2D eigenvalue weighted by Gasteiger charge is -1.95. The Bertz CT molecular complexity index is 435. The SMILES string of the molecule is Cn1cnc2cc(Cl)c(Cl)nc21. The molecule has 0 bridgehead atoms. The van der Waals surface area contributed by atoms with Crippen molar-refractivity contribution in [3.8, 4) is 0 Å².